The zero-order chi connectivity index (χ0) is 13.5. The summed E-state index contributed by atoms with van der Waals surface area (Å²) >= 11 is 0. The molecule has 1 aromatic rings. The molecule has 2 atom stereocenters. The highest BCUT2D eigenvalue weighted by Crippen LogP contribution is 2.21. The Balaban J connectivity index is 2.95. The maximum Gasteiger partial charge on any atom is 0.307 e. The predicted octanol–water partition coefficient (Wildman–Crippen LogP) is 2.00. The lowest BCUT2D eigenvalue weighted by Crippen LogP contribution is -2.24. The van der Waals surface area contributed by atoms with Gasteiger partial charge in [-0.1, -0.05) is 30.3 Å². The quantitative estimate of drug-likeness (QED) is 0.594. The Morgan fingerprint density at radius 3 is 2.88 bits per heavy atom. The van der Waals surface area contributed by atoms with Gasteiger partial charge in [0, 0.05) is 8.42 Å². The molecule has 88 valence electrons. The van der Waals surface area contributed by atoms with Crippen LogP contribution in [0.3, 0.4) is 0 Å². The summed E-state index contributed by atoms with van der Waals surface area (Å²) < 4.78 is 19.7. The van der Waals surface area contributed by atoms with Crippen LogP contribution < -0.4 is 0 Å². The normalized spacial score (nSPS) is 16.2. The first-order valence-electron chi connectivity index (χ1n) is 6.10. The van der Waals surface area contributed by atoms with Gasteiger partial charge in [0.2, 0.25) is 1.43 Å². The van der Waals surface area contributed by atoms with E-state index < -0.39 is 18.4 Å². The molecule has 1 N–H and O–H groups in total. The van der Waals surface area contributed by atoms with Crippen molar-refractivity contribution in [2.75, 3.05) is 13.7 Å². The molecular formula is C12H17NO3. The van der Waals surface area contributed by atoms with Crippen molar-refractivity contribution in [1.29, 1.82) is 0 Å². The molecule has 0 saturated carbocycles. The van der Waals surface area contributed by atoms with Crippen LogP contribution in [0.15, 0.2) is 30.3 Å². The molecule has 0 fully saturated rings. The number of ether oxygens (including phenoxy) is 1. The van der Waals surface area contributed by atoms with Crippen molar-refractivity contribution in [2.45, 2.75) is 19.4 Å². The number of carbonyl (C=O) groups is 1. The second kappa shape index (κ2) is 6.25. The summed E-state index contributed by atoms with van der Waals surface area (Å²) in [5.41, 5.74) is 0.723. The number of rotatable bonds is 6. The first-order valence-corrected chi connectivity index (χ1v) is 5.11. The molecule has 1 rings (SSSR count). The fourth-order valence-electron chi connectivity index (χ4n) is 1.38. The van der Waals surface area contributed by atoms with Crippen molar-refractivity contribution >= 4 is 5.97 Å². The summed E-state index contributed by atoms with van der Waals surface area (Å²) in [7, 11) is 1.51. The second-order valence-corrected chi connectivity index (χ2v) is 3.32. The standard InChI is InChI=1S/C12H17NO3/c1-3-16-12(14)9-11(13(2)15)10-7-5-4-6-8-10/h4-8,11,15H,3,9H2,1-2H3/t11-/m1/s1/i9D,15D/t9-,11-. The first kappa shape index (κ1) is 9.81. The monoisotopic (exact) mass is 225 g/mol. The van der Waals surface area contributed by atoms with Crippen molar-refractivity contribution in [3.8, 4) is 0 Å². The van der Waals surface area contributed by atoms with Gasteiger partial charge in [-0.25, -0.2) is 0 Å². The van der Waals surface area contributed by atoms with Crippen molar-refractivity contribution < 1.29 is 17.5 Å². The van der Waals surface area contributed by atoms with Gasteiger partial charge in [-0.2, -0.15) is 5.06 Å². The minimum Gasteiger partial charge on any atom is -0.466 e. The van der Waals surface area contributed by atoms with Gasteiger partial charge >= 0.3 is 5.97 Å². The first-order chi connectivity index (χ1) is 8.61. The van der Waals surface area contributed by atoms with Gasteiger partial charge in [0.15, 0.2) is 0 Å². The van der Waals surface area contributed by atoms with Gasteiger partial charge in [-0.05, 0) is 12.5 Å². The van der Waals surface area contributed by atoms with E-state index in [9.17, 15) is 4.79 Å². The third-order valence-corrected chi connectivity index (χ3v) is 2.11. The molecule has 0 aliphatic carbocycles. The van der Waals surface area contributed by atoms with E-state index in [2.05, 4.69) is 5.21 Å². The Morgan fingerprint density at radius 1 is 1.62 bits per heavy atom. The van der Waals surface area contributed by atoms with Crippen LogP contribution in [0.2, 0.25) is 1.43 Å². The Bertz CT molecular complexity index is 375. The fraction of sp³-hybridized carbons (Fsp3) is 0.417. The Labute approximate surface area is 98.3 Å². The molecule has 16 heavy (non-hydrogen) atoms. The number of esters is 1. The van der Waals surface area contributed by atoms with Crippen LogP contribution in [-0.2, 0) is 9.53 Å². The van der Waals surface area contributed by atoms with E-state index in [1.807, 2.05) is 6.07 Å². The van der Waals surface area contributed by atoms with Crippen LogP contribution in [0.5, 0.6) is 0 Å². The third-order valence-electron chi connectivity index (χ3n) is 2.11. The SMILES string of the molecule is [2H]ON(C)[C@@H](c1ccccc1)[C@@H]([2H])C(=O)OCC. The van der Waals surface area contributed by atoms with E-state index in [0.717, 1.165) is 10.6 Å². The zero-order valence-corrected chi connectivity index (χ0v) is 9.42. The Morgan fingerprint density at radius 2 is 2.31 bits per heavy atom. The van der Waals surface area contributed by atoms with Crippen LogP contribution in [0.4, 0.5) is 0 Å². The molecule has 0 aliphatic rings. The highest BCUT2D eigenvalue weighted by Gasteiger charge is 2.19. The van der Waals surface area contributed by atoms with Gasteiger partial charge in [0.25, 0.3) is 0 Å². The lowest BCUT2D eigenvalue weighted by Gasteiger charge is -2.21. The van der Waals surface area contributed by atoms with Crippen molar-refractivity contribution in [3.63, 3.8) is 0 Å². The Hall–Kier alpha value is -1.39. The van der Waals surface area contributed by atoms with Gasteiger partial charge < -0.3 is 9.95 Å². The number of hydrogen-bond donors (Lipinski definition) is 1. The number of benzene rings is 1. The highest BCUT2D eigenvalue weighted by molar-refractivity contribution is 5.70. The number of nitrogens with zero attached hydrogens (tertiary/aromatic N) is 1. The van der Waals surface area contributed by atoms with Crippen molar-refractivity contribution in [1.82, 2.24) is 5.06 Å². The van der Waals surface area contributed by atoms with Crippen LogP contribution in [0.1, 0.15) is 26.3 Å². The van der Waals surface area contributed by atoms with Gasteiger partial charge in [0.1, 0.15) is 0 Å². The third kappa shape index (κ3) is 3.64. The molecular weight excluding hydrogens is 206 g/mol. The average Bonchev–Trinajstić information content (AvgIpc) is 2.40. The van der Waals surface area contributed by atoms with E-state index >= 15 is 0 Å². The maximum absolute atomic E-state index is 11.6. The maximum atomic E-state index is 11.6. The summed E-state index contributed by atoms with van der Waals surface area (Å²) in [4.78, 5) is 11.6. The van der Waals surface area contributed by atoms with Gasteiger partial charge in [-0.3, -0.25) is 4.79 Å². The van der Waals surface area contributed by atoms with Crippen LogP contribution in [0.25, 0.3) is 0 Å². The van der Waals surface area contributed by atoms with E-state index in [-0.39, 0.29) is 6.61 Å². The topological polar surface area (TPSA) is 49.8 Å². The van der Waals surface area contributed by atoms with Crippen LogP contribution in [-0.4, -0.2) is 29.9 Å². The Kier molecular flexibility index (Phi) is 3.83. The van der Waals surface area contributed by atoms with E-state index in [4.69, 9.17) is 7.54 Å². The highest BCUT2D eigenvalue weighted by atomic mass is 16.5. The molecule has 1 aromatic carbocycles. The van der Waals surface area contributed by atoms with E-state index in [0.29, 0.717) is 0 Å². The number of carbonyl (C=O) groups excluding carboxylic acids is 1. The summed E-state index contributed by atoms with van der Waals surface area (Å²) in [6, 6.07) is 8.33. The molecule has 0 amide bonds. The van der Waals surface area contributed by atoms with E-state index in [1.165, 1.54) is 7.05 Å². The van der Waals surface area contributed by atoms with Crippen LogP contribution in [0, 0.1) is 0 Å². The minimum absolute atomic E-state index is 0.223. The summed E-state index contributed by atoms with van der Waals surface area (Å²) in [5, 5.41) is 5.53. The molecule has 4 heteroatoms. The summed E-state index contributed by atoms with van der Waals surface area (Å²) in [6.07, 6.45) is -1.16. The summed E-state index contributed by atoms with van der Waals surface area (Å²) in [5.74, 6) is -0.629. The molecule has 0 radical (unpaired) electrons. The molecule has 0 bridgehead atoms. The molecule has 0 heterocycles. The van der Waals surface area contributed by atoms with Gasteiger partial charge in [-0.15, -0.1) is 0 Å². The lowest BCUT2D eigenvalue weighted by atomic mass is 10.0. The molecule has 0 aliphatic heterocycles. The average molecular weight is 225 g/mol. The fourth-order valence-corrected chi connectivity index (χ4v) is 1.38. The smallest absolute Gasteiger partial charge is 0.307 e. The number of hydrogen-bond acceptors (Lipinski definition) is 4. The van der Waals surface area contributed by atoms with Crippen molar-refractivity contribution in [3.05, 3.63) is 35.9 Å². The number of hydroxylamine groups is 2. The molecule has 4 nitrogen and oxygen atoms in total. The molecule has 0 unspecified atom stereocenters. The largest absolute Gasteiger partial charge is 0.466 e. The molecule has 0 aromatic heterocycles. The van der Waals surface area contributed by atoms with E-state index in [1.54, 1.807) is 31.2 Å². The lowest BCUT2D eigenvalue weighted by molar-refractivity contribution is -0.152. The second-order valence-electron chi connectivity index (χ2n) is 3.32. The zero-order valence-electron chi connectivity index (χ0n) is 11.4. The van der Waals surface area contributed by atoms with Gasteiger partial charge in [0.05, 0.1) is 19.0 Å². The summed E-state index contributed by atoms with van der Waals surface area (Å²) in [6.45, 7) is 1.91. The minimum atomic E-state index is -1.16. The predicted molar refractivity (Wildman–Crippen MR) is 60.0 cm³/mol. The van der Waals surface area contributed by atoms with Crippen LogP contribution >= 0.6 is 0 Å². The molecule has 0 saturated heterocycles. The van der Waals surface area contributed by atoms with Crippen molar-refractivity contribution in [2.24, 2.45) is 0 Å². The molecule has 0 spiro atoms.